The third kappa shape index (κ3) is 4.48. The molecule has 1 heterocycles. The Bertz CT molecular complexity index is 922. The van der Waals surface area contributed by atoms with Gasteiger partial charge in [-0.15, -0.1) is 11.3 Å². The number of anilines is 1. The van der Waals surface area contributed by atoms with Crippen LogP contribution in [0.5, 0.6) is 0 Å². The summed E-state index contributed by atoms with van der Waals surface area (Å²) >= 11 is 12.6. The highest BCUT2D eigenvalue weighted by molar-refractivity contribution is 7.80. The molecule has 25 heavy (non-hydrogen) atoms. The number of hydrogen-bond donors (Lipinski definition) is 2. The number of methoxy groups -OCH3 is 1. The topological polar surface area (TPSA) is 50.4 Å². The summed E-state index contributed by atoms with van der Waals surface area (Å²) in [5.41, 5.74) is 1.94. The zero-order valence-corrected chi connectivity index (χ0v) is 15.7. The van der Waals surface area contributed by atoms with Gasteiger partial charge in [-0.05, 0) is 59.6 Å². The van der Waals surface area contributed by atoms with Gasteiger partial charge in [-0.25, -0.2) is 4.79 Å². The Hall–Kier alpha value is -2.15. The molecule has 0 aliphatic heterocycles. The van der Waals surface area contributed by atoms with E-state index in [9.17, 15) is 4.79 Å². The van der Waals surface area contributed by atoms with Gasteiger partial charge in [0.05, 0.1) is 7.11 Å². The van der Waals surface area contributed by atoms with Crippen molar-refractivity contribution in [1.82, 2.24) is 5.32 Å². The lowest BCUT2D eigenvalue weighted by molar-refractivity contribution is 0.0606. The van der Waals surface area contributed by atoms with Gasteiger partial charge in [0.2, 0.25) is 0 Å². The number of rotatable bonds is 4. The van der Waals surface area contributed by atoms with E-state index in [-0.39, 0.29) is 5.97 Å². The molecule has 2 aromatic carbocycles. The molecule has 0 spiro atoms. The standard InChI is InChI=1S/C18H15ClN2O2S2/c1-23-17(22)16-9-12-8-14(6-7-15(12)25-16)21-18(24)20-10-11-2-4-13(19)5-3-11/h2-9H,10H2,1H3,(H2,20,21,24). The van der Waals surface area contributed by atoms with Gasteiger partial charge in [0.15, 0.2) is 5.11 Å². The van der Waals surface area contributed by atoms with E-state index < -0.39 is 0 Å². The Balaban J connectivity index is 1.64. The fraction of sp³-hybridized carbons (Fsp3) is 0.111. The molecule has 0 amide bonds. The van der Waals surface area contributed by atoms with E-state index in [4.69, 9.17) is 28.6 Å². The highest BCUT2D eigenvalue weighted by Gasteiger charge is 2.10. The van der Waals surface area contributed by atoms with Crippen molar-refractivity contribution in [1.29, 1.82) is 0 Å². The fourth-order valence-corrected chi connectivity index (χ4v) is 3.56. The maximum atomic E-state index is 11.6. The summed E-state index contributed by atoms with van der Waals surface area (Å²) < 4.78 is 5.78. The summed E-state index contributed by atoms with van der Waals surface area (Å²) in [7, 11) is 1.38. The molecule has 0 saturated carbocycles. The monoisotopic (exact) mass is 390 g/mol. The lowest BCUT2D eigenvalue weighted by atomic mass is 10.2. The van der Waals surface area contributed by atoms with E-state index in [2.05, 4.69) is 10.6 Å². The Labute approximate surface area is 159 Å². The number of esters is 1. The molecule has 0 unspecified atom stereocenters. The van der Waals surface area contributed by atoms with Crippen molar-refractivity contribution in [2.75, 3.05) is 12.4 Å². The number of carbonyl (C=O) groups excluding carboxylic acids is 1. The maximum Gasteiger partial charge on any atom is 0.348 e. The van der Waals surface area contributed by atoms with Crippen LogP contribution in [-0.2, 0) is 11.3 Å². The average molecular weight is 391 g/mol. The summed E-state index contributed by atoms with van der Waals surface area (Å²) in [6.45, 7) is 0.607. The first-order valence-electron chi connectivity index (χ1n) is 7.46. The predicted octanol–water partition coefficient (Wildman–Crippen LogP) is 4.83. The van der Waals surface area contributed by atoms with Crippen molar-refractivity contribution in [3.05, 3.63) is 64.0 Å². The summed E-state index contributed by atoms with van der Waals surface area (Å²) in [5.74, 6) is -0.323. The van der Waals surface area contributed by atoms with Crippen LogP contribution < -0.4 is 10.6 Å². The Morgan fingerprint density at radius 3 is 2.68 bits per heavy atom. The van der Waals surface area contributed by atoms with E-state index in [0.29, 0.717) is 21.6 Å². The van der Waals surface area contributed by atoms with Gasteiger partial charge in [-0.2, -0.15) is 0 Å². The van der Waals surface area contributed by atoms with E-state index in [1.165, 1.54) is 18.4 Å². The highest BCUT2D eigenvalue weighted by atomic mass is 35.5. The number of hydrogen-bond acceptors (Lipinski definition) is 4. The summed E-state index contributed by atoms with van der Waals surface area (Å²) in [6.07, 6.45) is 0. The Morgan fingerprint density at radius 1 is 1.20 bits per heavy atom. The summed E-state index contributed by atoms with van der Waals surface area (Å²) in [6, 6.07) is 15.2. The quantitative estimate of drug-likeness (QED) is 0.493. The van der Waals surface area contributed by atoms with Crippen LogP contribution in [0.1, 0.15) is 15.2 Å². The maximum absolute atomic E-state index is 11.6. The van der Waals surface area contributed by atoms with Crippen LogP contribution >= 0.6 is 35.2 Å². The third-order valence-corrected chi connectivity index (χ3v) is 5.12. The van der Waals surface area contributed by atoms with Gasteiger partial charge in [0, 0.05) is 22.0 Å². The number of ether oxygens (including phenoxy) is 1. The summed E-state index contributed by atoms with van der Waals surface area (Å²) in [5, 5.41) is 8.51. The second kappa shape index (κ2) is 7.82. The van der Waals surface area contributed by atoms with Crippen LogP contribution in [0.15, 0.2) is 48.5 Å². The second-order valence-electron chi connectivity index (χ2n) is 5.29. The molecule has 0 aliphatic rings. The predicted molar refractivity (Wildman–Crippen MR) is 108 cm³/mol. The van der Waals surface area contributed by atoms with Gasteiger partial charge < -0.3 is 15.4 Å². The van der Waals surface area contributed by atoms with Gasteiger partial charge in [0.1, 0.15) is 4.88 Å². The minimum atomic E-state index is -0.323. The SMILES string of the molecule is COC(=O)c1cc2cc(NC(=S)NCc3ccc(Cl)cc3)ccc2s1. The fourth-order valence-electron chi connectivity index (χ4n) is 2.28. The highest BCUT2D eigenvalue weighted by Crippen LogP contribution is 2.28. The van der Waals surface area contributed by atoms with Gasteiger partial charge in [0.25, 0.3) is 0 Å². The number of halogens is 1. The minimum Gasteiger partial charge on any atom is -0.465 e. The minimum absolute atomic E-state index is 0.323. The number of benzene rings is 2. The van der Waals surface area contributed by atoms with Crippen LogP contribution in [0.3, 0.4) is 0 Å². The molecule has 3 rings (SSSR count). The smallest absolute Gasteiger partial charge is 0.348 e. The third-order valence-electron chi connectivity index (χ3n) is 3.53. The molecule has 1 aromatic heterocycles. The lowest BCUT2D eigenvalue weighted by Crippen LogP contribution is -2.27. The molecule has 0 aliphatic carbocycles. The number of thiocarbonyl (C=S) groups is 1. The van der Waals surface area contributed by atoms with Crippen LogP contribution in [0.2, 0.25) is 5.02 Å². The Morgan fingerprint density at radius 2 is 1.96 bits per heavy atom. The van der Waals surface area contributed by atoms with Crippen molar-refractivity contribution in [3.63, 3.8) is 0 Å². The van der Waals surface area contributed by atoms with E-state index in [1.54, 1.807) is 0 Å². The van der Waals surface area contributed by atoms with Gasteiger partial charge in [-0.1, -0.05) is 23.7 Å². The zero-order valence-electron chi connectivity index (χ0n) is 13.3. The second-order valence-corrected chi connectivity index (χ2v) is 7.22. The number of fused-ring (bicyclic) bond motifs is 1. The average Bonchev–Trinajstić information content (AvgIpc) is 3.04. The van der Waals surface area contributed by atoms with Crippen molar-refractivity contribution in [2.45, 2.75) is 6.54 Å². The lowest BCUT2D eigenvalue weighted by Gasteiger charge is -2.10. The first-order valence-corrected chi connectivity index (χ1v) is 9.06. The number of thiophene rings is 1. The van der Waals surface area contributed by atoms with Crippen molar-refractivity contribution >= 4 is 62.0 Å². The Kier molecular flexibility index (Phi) is 5.53. The molecule has 0 radical (unpaired) electrons. The largest absolute Gasteiger partial charge is 0.465 e. The first kappa shape index (κ1) is 17.7. The molecule has 3 aromatic rings. The van der Waals surface area contributed by atoms with E-state index >= 15 is 0 Å². The van der Waals surface area contributed by atoms with Crippen LogP contribution in [0.4, 0.5) is 5.69 Å². The molecule has 0 saturated heterocycles. The van der Waals surface area contributed by atoms with Crippen LogP contribution in [0.25, 0.3) is 10.1 Å². The van der Waals surface area contributed by atoms with E-state index in [0.717, 1.165) is 21.3 Å². The first-order chi connectivity index (χ1) is 12.0. The van der Waals surface area contributed by atoms with Crippen LogP contribution in [0, 0.1) is 0 Å². The summed E-state index contributed by atoms with van der Waals surface area (Å²) in [4.78, 5) is 12.2. The van der Waals surface area contributed by atoms with Crippen molar-refractivity contribution in [2.24, 2.45) is 0 Å². The number of carbonyl (C=O) groups is 1. The van der Waals surface area contributed by atoms with Gasteiger partial charge in [-0.3, -0.25) is 0 Å². The molecular weight excluding hydrogens is 376 g/mol. The van der Waals surface area contributed by atoms with Crippen molar-refractivity contribution in [3.8, 4) is 0 Å². The van der Waals surface area contributed by atoms with E-state index in [1.807, 2.05) is 48.5 Å². The molecule has 128 valence electrons. The molecule has 0 atom stereocenters. The molecule has 0 bridgehead atoms. The molecular formula is C18H15ClN2O2S2. The zero-order chi connectivity index (χ0) is 17.8. The molecule has 4 nitrogen and oxygen atoms in total. The normalized spacial score (nSPS) is 10.5. The van der Waals surface area contributed by atoms with Crippen molar-refractivity contribution < 1.29 is 9.53 Å². The van der Waals surface area contributed by atoms with Gasteiger partial charge >= 0.3 is 5.97 Å². The molecule has 2 N–H and O–H groups in total. The molecule has 0 fully saturated rings. The van der Waals surface area contributed by atoms with Crippen LogP contribution in [-0.4, -0.2) is 18.2 Å². The molecule has 7 heteroatoms. The number of nitrogens with one attached hydrogen (secondary N) is 2.